The molecule has 2 aliphatic rings. The molecule has 1 unspecified atom stereocenters. The third-order valence-electron chi connectivity index (χ3n) is 6.12. The van der Waals surface area contributed by atoms with Crippen LogP contribution >= 0.6 is 0 Å². The first-order chi connectivity index (χ1) is 17.2. The van der Waals surface area contributed by atoms with Crippen LogP contribution in [0.25, 0.3) is 0 Å². The minimum atomic E-state index is -1.13. The van der Waals surface area contributed by atoms with Gasteiger partial charge in [0, 0.05) is 19.1 Å². The van der Waals surface area contributed by atoms with E-state index in [9.17, 15) is 19.5 Å². The van der Waals surface area contributed by atoms with Gasteiger partial charge in [0.05, 0.1) is 19.3 Å². The number of amides is 3. The molecule has 6 N–H and O–H groups in total. The van der Waals surface area contributed by atoms with Crippen LogP contribution < -0.4 is 26.4 Å². The molecule has 0 aromatic heterocycles. The molecule has 0 aliphatic carbocycles. The number of rotatable bonds is 8. The number of carbonyl (C=O) groups excluding carboxylic acids is 2. The number of hydrogen-bond donors (Lipinski definition) is 5. The Morgan fingerprint density at radius 3 is 2.47 bits per heavy atom. The van der Waals surface area contributed by atoms with Crippen molar-refractivity contribution in [2.75, 3.05) is 19.8 Å². The molecule has 4 atom stereocenters. The van der Waals surface area contributed by atoms with Gasteiger partial charge in [-0.3, -0.25) is 4.79 Å². The number of aliphatic carboxylic acids is 1. The highest BCUT2D eigenvalue weighted by Crippen LogP contribution is 2.15. The maximum atomic E-state index is 13.3. The lowest BCUT2D eigenvalue weighted by Gasteiger charge is -2.27. The average molecular weight is 507 g/mol. The van der Waals surface area contributed by atoms with E-state index >= 15 is 0 Å². The van der Waals surface area contributed by atoms with E-state index in [1.165, 1.54) is 0 Å². The third-order valence-corrected chi connectivity index (χ3v) is 6.12. The summed E-state index contributed by atoms with van der Waals surface area (Å²) in [6.07, 6.45) is 3.39. The first-order valence-corrected chi connectivity index (χ1v) is 12.8. The van der Waals surface area contributed by atoms with Gasteiger partial charge in [-0.15, -0.1) is 0 Å². The molecule has 10 nitrogen and oxygen atoms in total. The first kappa shape index (κ1) is 29.4. The number of carboxylic acid groups (broad SMARTS) is 1. The van der Waals surface area contributed by atoms with Crippen molar-refractivity contribution in [3.05, 3.63) is 29.8 Å². The fourth-order valence-corrected chi connectivity index (χ4v) is 3.82. The normalized spacial score (nSPS) is 21.2. The molecule has 1 aromatic carbocycles. The number of urea groups is 1. The molecule has 0 radical (unpaired) electrons. The van der Waals surface area contributed by atoms with Crippen molar-refractivity contribution in [2.24, 2.45) is 11.7 Å². The van der Waals surface area contributed by atoms with Gasteiger partial charge in [0.1, 0.15) is 17.8 Å². The molecular weight excluding hydrogens is 464 g/mol. The summed E-state index contributed by atoms with van der Waals surface area (Å²) < 4.78 is 11.6. The Morgan fingerprint density at radius 2 is 1.83 bits per heavy atom. The van der Waals surface area contributed by atoms with Gasteiger partial charge in [-0.2, -0.15) is 0 Å². The largest absolute Gasteiger partial charge is 0.494 e. The highest BCUT2D eigenvalue weighted by Gasteiger charge is 2.27. The Bertz CT molecular complexity index is 830. The minimum Gasteiger partial charge on any atom is -0.494 e. The maximum absolute atomic E-state index is 13.3. The zero-order valence-corrected chi connectivity index (χ0v) is 21.6. The Labute approximate surface area is 213 Å². The number of ether oxygens (including phenoxy) is 2. The maximum Gasteiger partial charge on any atom is 0.326 e. The van der Waals surface area contributed by atoms with Crippen molar-refractivity contribution in [1.29, 1.82) is 0 Å². The second-order valence-corrected chi connectivity index (χ2v) is 9.81. The van der Waals surface area contributed by atoms with E-state index in [0.29, 0.717) is 32.7 Å². The Morgan fingerprint density at radius 1 is 1.14 bits per heavy atom. The van der Waals surface area contributed by atoms with Gasteiger partial charge in [0.2, 0.25) is 5.91 Å². The van der Waals surface area contributed by atoms with Crippen molar-refractivity contribution in [2.45, 2.75) is 83.5 Å². The number of carboxylic acids is 1. The molecule has 36 heavy (non-hydrogen) atoms. The molecule has 3 rings (SSSR count). The fraction of sp³-hybridized carbons (Fsp3) is 0.654. The summed E-state index contributed by atoms with van der Waals surface area (Å²) in [5.74, 6) is -0.644. The van der Waals surface area contributed by atoms with Crippen LogP contribution in [0.2, 0.25) is 0 Å². The molecule has 202 valence electrons. The van der Waals surface area contributed by atoms with E-state index in [2.05, 4.69) is 16.0 Å². The molecule has 2 bridgehead atoms. The number of nitrogens with one attached hydrogen (secondary N) is 3. The van der Waals surface area contributed by atoms with Gasteiger partial charge in [0.25, 0.3) is 0 Å². The topological polar surface area (TPSA) is 152 Å². The van der Waals surface area contributed by atoms with Crippen LogP contribution in [0.5, 0.6) is 5.75 Å². The van der Waals surface area contributed by atoms with Crippen LogP contribution in [-0.4, -0.2) is 67.0 Å². The Balaban J connectivity index is 2.15. The van der Waals surface area contributed by atoms with Crippen LogP contribution in [0.4, 0.5) is 4.79 Å². The predicted molar refractivity (Wildman–Crippen MR) is 137 cm³/mol. The van der Waals surface area contributed by atoms with Crippen molar-refractivity contribution in [3.8, 4) is 5.75 Å². The summed E-state index contributed by atoms with van der Waals surface area (Å²) in [5.41, 5.74) is 6.57. The van der Waals surface area contributed by atoms with E-state index in [4.69, 9.17) is 15.2 Å². The Kier molecular flexibility index (Phi) is 12.5. The zero-order chi connectivity index (χ0) is 26.5. The second kappa shape index (κ2) is 15.3. The van der Waals surface area contributed by atoms with Crippen LogP contribution in [0.3, 0.4) is 0 Å². The molecule has 0 spiro atoms. The quantitative estimate of drug-likeness (QED) is 0.362. The summed E-state index contributed by atoms with van der Waals surface area (Å²) in [4.78, 5) is 37.7. The molecule has 1 aromatic rings. The molecule has 3 amide bonds. The lowest BCUT2D eigenvalue weighted by molar-refractivity contribution is -0.139. The molecule has 0 saturated carbocycles. The van der Waals surface area contributed by atoms with Gasteiger partial charge in [-0.05, 0) is 62.6 Å². The monoisotopic (exact) mass is 506 g/mol. The SMILES string of the molecule is CC(N)CCC[C@H](NC(=O)N[C@@H]1Cc2ccc(cc2)OCCCCOC[C@H](C(C)C)NC1=O)C(=O)O. The van der Waals surface area contributed by atoms with Crippen molar-refractivity contribution in [3.63, 3.8) is 0 Å². The summed E-state index contributed by atoms with van der Waals surface area (Å²) in [5, 5.41) is 17.7. The van der Waals surface area contributed by atoms with Gasteiger partial charge >= 0.3 is 12.0 Å². The van der Waals surface area contributed by atoms with E-state index in [1.54, 1.807) is 0 Å². The van der Waals surface area contributed by atoms with E-state index < -0.39 is 24.1 Å². The van der Waals surface area contributed by atoms with Crippen molar-refractivity contribution in [1.82, 2.24) is 16.0 Å². The van der Waals surface area contributed by atoms with Crippen LogP contribution in [0.15, 0.2) is 24.3 Å². The van der Waals surface area contributed by atoms with Gasteiger partial charge < -0.3 is 36.3 Å². The van der Waals surface area contributed by atoms with E-state index in [0.717, 1.165) is 24.2 Å². The van der Waals surface area contributed by atoms with Crippen LogP contribution in [0.1, 0.15) is 58.4 Å². The third kappa shape index (κ3) is 10.8. The van der Waals surface area contributed by atoms with Gasteiger partial charge in [-0.1, -0.05) is 26.0 Å². The zero-order valence-electron chi connectivity index (χ0n) is 21.6. The average Bonchev–Trinajstić information content (AvgIpc) is 2.81. The molecular formula is C26H42N4O6. The summed E-state index contributed by atoms with van der Waals surface area (Å²) in [6.45, 7) is 7.34. The predicted octanol–water partition coefficient (Wildman–Crippen LogP) is 2.20. The fourth-order valence-electron chi connectivity index (χ4n) is 3.82. The van der Waals surface area contributed by atoms with Gasteiger partial charge in [0.15, 0.2) is 0 Å². The highest BCUT2D eigenvalue weighted by molar-refractivity contribution is 5.89. The molecule has 2 aliphatic heterocycles. The van der Waals surface area contributed by atoms with Crippen molar-refractivity contribution < 1.29 is 29.0 Å². The van der Waals surface area contributed by atoms with Crippen LogP contribution in [0, 0.1) is 5.92 Å². The number of benzene rings is 1. The standard InChI is InChI=1S/C26H42N4O6/c1-17(2)23-16-35-13-4-5-14-36-20-11-9-19(10-12-20)15-22(24(31)28-23)30-26(34)29-21(25(32)33)8-6-7-18(3)27/h9-12,17-18,21-23H,4-8,13-16,27H2,1-3H3,(H,28,31)(H,32,33)(H2,29,30,34)/t18?,21-,22+,23+/m0/s1. The summed E-state index contributed by atoms with van der Waals surface area (Å²) in [6, 6.07) is 4.40. The molecule has 0 fully saturated rings. The Hall–Kier alpha value is -2.85. The number of nitrogens with two attached hydrogens (primary N) is 1. The van der Waals surface area contributed by atoms with E-state index in [-0.39, 0.29) is 36.8 Å². The number of fused-ring (bicyclic) bond motifs is 13. The van der Waals surface area contributed by atoms with Crippen molar-refractivity contribution >= 4 is 17.9 Å². The summed E-state index contributed by atoms with van der Waals surface area (Å²) in [7, 11) is 0. The highest BCUT2D eigenvalue weighted by atomic mass is 16.5. The summed E-state index contributed by atoms with van der Waals surface area (Å²) >= 11 is 0. The van der Waals surface area contributed by atoms with Gasteiger partial charge in [-0.25, -0.2) is 9.59 Å². The molecule has 0 saturated heterocycles. The lowest BCUT2D eigenvalue weighted by Crippen LogP contribution is -2.56. The van der Waals surface area contributed by atoms with E-state index in [1.807, 2.05) is 45.0 Å². The molecule has 10 heteroatoms. The lowest BCUT2D eigenvalue weighted by atomic mass is 10.0. The number of carbonyl (C=O) groups is 3. The first-order valence-electron chi connectivity index (χ1n) is 12.8. The molecule has 2 heterocycles. The smallest absolute Gasteiger partial charge is 0.326 e. The van der Waals surface area contributed by atoms with Crippen LogP contribution in [-0.2, 0) is 20.7 Å². The second-order valence-electron chi connectivity index (χ2n) is 9.81. The number of hydrogen-bond acceptors (Lipinski definition) is 6. The minimum absolute atomic E-state index is 0.0509.